The van der Waals surface area contributed by atoms with Crippen molar-refractivity contribution in [2.75, 3.05) is 13.1 Å². The molecule has 1 saturated heterocycles. The molecule has 1 amide bonds. The Hall–Kier alpha value is -1.66. The van der Waals surface area contributed by atoms with E-state index in [0.717, 1.165) is 36.1 Å². The number of benzene rings is 1. The molecule has 0 saturated carbocycles. The van der Waals surface area contributed by atoms with Gasteiger partial charge in [-0.15, -0.1) is 0 Å². The molecule has 1 aromatic heterocycles. The van der Waals surface area contributed by atoms with Gasteiger partial charge in [0.1, 0.15) is 0 Å². The van der Waals surface area contributed by atoms with Gasteiger partial charge in [0, 0.05) is 16.7 Å². The van der Waals surface area contributed by atoms with Crippen LogP contribution in [0, 0.1) is 0 Å². The Morgan fingerprint density at radius 2 is 2.14 bits per heavy atom. The van der Waals surface area contributed by atoms with Crippen LogP contribution in [0.3, 0.4) is 0 Å². The molecule has 0 radical (unpaired) electrons. The standard InChI is InChI=1S/C15H17BrN4O/c16-11-2-1-3-13(10-11)20-9-6-14(19-20)15(21)18-12-4-7-17-8-5-12/h1-3,6,9-10,12,17H,4-5,7-8H2,(H,18,21). The molecular weight excluding hydrogens is 332 g/mol. The van der Waals surface area contributed by atoms with E-state index in [1.165, 1.54) is 0 Å². The van der Waals surface area contributed by atoms with Crippen molar-refractivity contribution < 1.29 is 4.79 Å². The summed E-state index contributed by atoms with van der Waals surface area (Å²) in [6.07, 6.45) is 3.75. The second-order valence-corrected chi connectivity index (χ2v) is 6.04. The van der Waals surface area contributed by atoms with Crippen LogP contribution in [-0.2, 0) is 0 Å². The van der Waals surface area contributed by atoms with Crippen LogP contribution in [0.2, 0.25) is 0 Å². The summed E-state index contributed by atoms with van der Waals surface area (Å²) in [5, 5.41) is 10.7. The molecule has 21 heavy (non-hydrogen) atoms. The van der Waals surface area contributed by atoms with Crippen molar-refractivity contribution in [2.24, 2.45) is 0 Å². The van der Waals surface area contributed by atoms with Crippen molar-refractivity contribution in [1.29, 1.82) is 0 Å². The van der Waals surface area contributed by atoms with Gasteiger partial charge in [-0.2, -0.15) is 5.10 Å². The average molecular weight is 349 g/mol. The summed E-state index contributed by atoms with van der Waals surface area (Å²) in [5.74, 6) is -0.101. The summed E-state index contributed by atoms with van der Waals surface area (Å²) in [5.41, 5.74) is 1.37. The SMILES string of the molecule is O=C(NC1CCNCC1)c1ccn(-c2cccc(Br)c2)n1. The molecule has 0 unspecified atom stereocenters. The first-order valence-electron chi connectivity index (χ1n) is 7.05. The van der Waals surface area contributed by atoms with Gasteiger partial charge in [-0.1, -0.05) is 22.0 Å². The summed E-state index contributed by atoms with van der Waals surface area (Å²) < 4.78 is 2.69. The van der Waals surface area contributed by atoms with E-state index >= 15 is 0 Å². The van der Waals surface area contributed by atoms with Crippen LogP contribution in [-0.4, -0.2) is 34.8 Å². The number of hydrogen-bond donors (Lipinski definition) is 2. The van der Waals surface area contributed by atoms with Gasteiger partial charge in [-0.3, -0.25) is 4.79 Å². The molecular formula is C15H17BrN4O. The smallest absolute Gasteiger partial charge is 0.272 e. The molecule has 2 heterocycles. The zero-order valence-corrected chi connectivity index (χ0v) is 13.1. The number of nitrogens with one attached hydrogen (secondary N) is 2. The number of rotatable bonds is 3. The number of amides is 1. The third-order valence-electron chi connectivity index (χ3n) is 3.57. The van der Waals surface area contributed by atoms with Crippen LogP contribution >= 0.6 is 15.9 Å². The molecule has 0 bridgehead atoms. The molecule has 2 aromatic rings. The van der Waals surface area contributed by atoms with E-state index in [9.17, 15) is 4.79 Å². The zero-order valence-electron chi connectivity index (χ0n) is 11.6. The van der Waals surface area contributed by atoms with Crippen LogP contribution in [0.15, 0.2) is 41.0 Å². The summed E-state index contributed by atoms with van der Waals surface area (Å²) in [6.45, 7) is 1.91. The fourth-order valence-electron chi connectivity index (χ4n) is 2.43. The molecule has 5 nitrogen and oxygen atoms in total. The Bertz CT molecular complexity index is 634. The molecule has 2 N–H and O–H groups in total. The summed E-state index contributed by atoms with van der Waals surface area (Å²) in [6, 6.07) is 9.80. The Morgan fingerprint density at radius 3 is 2.90 bits per heavy atom. The first-order chi connectivity index (χ1) is 10.2. The second kappa shape index (κ2) is 6.41. The van der Waals surface area contributed by atoms with Crippen molar-refractivity contribution in [3.05, 3.63) is 46.7 Å². The molecule has 1 fully saturated rings. The van der Waals surface area contributed by atoms with Gasteiger partial charge in [0.25, 0.3) is 5.91 Å². The highest BCUT2D eigenvalue weighted by Crippen LogP contribution is 2.15. The minimum absolute atomic E-state index is 0.101. The number of hydrogen-bond acceptors (Lipinski definition) is 3. The summed E-state index contributed by atoms with van der Waals surface area (Å²) >= 11 is 3.43. The topological polar surface area (TPSA) is 59.0 Å². The molecule has 1 aliphatic heterocycles. The predicted molar refractivity (Wildman–Crippen MR) is 84.6 cm³/mol. The highest BCUT2D eigenvalue weighted by atomic mass is 79.9. The highest BCUT2D eigenvalue weighted by Gasteiger charge is 2.18. The highest BCUT2D eigenvalue weighted by molar-refractivity contribution is 9.10. The Labute approximate surface area is 131 Å². The van der Waals surface area contributed by atoms with Crippen molar-refractivity contribution in [2.45, 2.75) is 18.9 Å². The van der Waals surface area contributed by atoms with E-state index in [2.05, 4.69) is 31.7 Å². The normalized spacial score (nSPS) is 15.9. The van der Waals surface area contributed by atoms with E-state index < -0.39 is 0 Å². The molecule has 0 aliphatic carbocycles. The first-order valence-corrected chi connectivity index (χ1v) is 7.85. The van der Waals surface area contributed by atoms with Crippen LogP contribution in [0.5, 0.6) is 0 Å². The van der Waals surface area contributed by atoms with Gasteiger partial charge in [0.15, 0.2) is 5.69 Å². The van der Waals surface area contributed by atoms with Gasteiger partial charge < -0.3 is 10.6 Å². The second-order valence-electron chi connectivity index (χ2n) is 5.12. The first kappa shape index (κ1) is 14.3. The average Bonchev–Trinajstić information content (AvgIpc) is 2.98. The Kier molecular flexibility index (Phi) is 4.36. The number of carbonyl (C=O) groups is 1. The van der Waals surface area contributed by atoms with Crippen LogP contribution in [0.4, 0.5) is 0 Å². The maximum atomic E-state index is 12.2. The van der Waals surface area contributed by atoms with Gasteiger partial charge in [-0.05, 0) is 50.2 Å². The van der Waals surface area contributed by atoms with Crippen molar-refractivity contribution in [1.82, 2.24) is 20.4 Å². The monoisotopic (exact) mass is 348 g/mol. The van der Waals surface area contributed by atoms with E-state index in [-0.39, 0.29) is 11.9 Å². The number of halogens is 1. The lowest BCUT2D eigenvalue weighted by molar-refractivity contribution is 0.0924. The van der Waals surface area contributed by atoms with E-state index in [4.69, 9.17) is 0 Å². The number of aromatic nitrogens is 2. The van der Waals surface area contributed by atoms with Crippen LogP contribution in [0.25, 0.3) is 5.69 Å². The Morgan fingerprint density at radius 1 is 1.33 bits per heavy atom. The maximum absolute atomic E-state index is 12.2. The lowest BCUT2D eigenvalue weighted by atomic mass is 10.1. The van der Waals surface area contributed by atoms with Crippen LogP contribution in [0.1, 0.15) is 23.3 Å². The summed E-state index contributed by atoms with van der Waals surface area (Å²) in [4.78, 5) is 12.2. The number of carbonyl (C=O) groups excluding carboxylic acids is 1. The number of piperidine rings is 1. The van der Waals surface area contributed by atoms with Gasteiger partial charge in [0.2, 0.25) is 0 Å². The predicted octanol–water partition coefficient (Wildman–Crippen LogP) is 2.12. The quantitative estimate of drug-likeness (QED) is 0.893. The lowest BCUT2D eigenvalue weighted by Crippen LogP contribution is -2.42. The van der Waals surface area contributed by atoms with E-state index in [1.54, 1.807) is 16.9 Å². The Balaban J connectivity index is 1.70. The molecule has 0 spiro atoms. The molecule has 0 atom stereocenters. The lowest BCUT2D eigenvalue weighted by Gasteiger charge is -2.23. The third-order valence-corrected chi connectivity index (χ3v) is 4.06. The fraction of sp³-hybridized carbons (Fsp3) is 0.333. The van der Waals surface area contributed by atoms with E-state index in [1.807, 2.05) is 24.3 Å². The van der Waals surface area contributed by atoms with E-state index in [0.29, 0.717) is 5.69 Å². The van der Waals surface area contributed by atoms with Crippen molar-refractivity contribution in [3.63, 3.8) is 0 Å². The fourth-order valence-corrected chi connectivity index (χ4v) is 2.82. The van der Waals surface area contributed by atoms with Gasteiger partial charge in [0.05, 0.1) is 5.69 Å². The minimum atomic E-state index is -0.101. The van der Waals surface area contributed by atoms with Gasteiger partial charge >= 0.3 is 0 Å². The summed E-state index contributed by atoms with van der Waals surface area (Å²) in [7, 11) is 0. The molecule has 1 aliphatic rings. The van der Waals surface area contributed by atoms with Crippen LogP contribution < -0.4 is 10.6 Å². The molecule has 110 valence electrons. The maximum Gasteiger partial charge on any atom is 0.272 e. The van der Waals surface area contributed by atoms with Gasteiger partial charge in [-0.25, -0.2) is 4.68 Å². The van der Waals surface area contributed by atoms with Crippen molar-refractivity contribution in [3.8, 4) is 5.69 Å². The molecule has 6 heteroatoms. The van der Waals surface area contributed by atoms with Crippen molar-refractivity contribution >= 4 is 21.8 Å². The minimum Gasteiger partial charge on any atom is -0.348 e. The third kappa shape index (κ3) is 3.51. The largest absolute Gasteiger partial charge is 0.348 e. The number of nitrogens with zero attached hydrogens (tertiary/aromatic N) is 2. The zero-order chi connectivity index (χ0) is 14.7. The molecule has 1 aromatic carbocycles. The molecule has 3 rings (SSSR count).